The molecule has 2 rings (SSSR count). The SMILES string of the molecule is CCCC(=O)O.C[C@@H](CCc1ccc(O)cc1)NC[C@H](O)c1ccccc1. The van der Waals surface area contributed by atoms with Gasteiger partial charge in [0.1, 0.15) is 5.75 Å². The molecule has 0 amide bonds. The molecule has 0 aliphatic heterocycles. The van der Waals surface area contributed by atoms with E-state index in [2.05, 4.69) is 12.2 Å². The summed E-state index contributed by atoms with van der Waals surface area (Å²) >= 11 is 0. The fourth-order valence-corrected chi connectivity index (χ4v) is 2.47. The van der Waals surface area contributed by atoms with Crippen LogP contribution >= 0.6 is 0 Å². The van der Waals surface area contributed by atoms with Crippen LogP contribution in [0.4, 0.5) is 0 Å². The van der Waals surface area contributed by atoms with E-state index in [1.165, 1.54) is 5.56 Å². The lowest BCUT2D eigenvalue weighted by atomic mass is 10.1. The van der Waals surface area contributed by atoms with Crippen LogP contribution in [-0.4, -0.2) is 33.9 Å². The molecule has 0 radical (unpaired) electrons. The van der Waals surface area contributed by atoms with Gasteiger partial charge in [0.15, 0.2) is 0 Å². The number of benzene rings is 2. The molecule has 0 aliphatic rings. The van der Waals surface area contributed by atoms with Gasteiger partial charge in [0.25, 0.3) is 0 Å². The van der Waals surface area contributed by atoms with Crippen molar-refractivity contribution in [2.75, 3.05) is 6.54 Å². The highest BCUT2D eigenvalue weighted by Gasteiger charge is 2.09. The van der Waals surface area contributed by atoms with Crippen LogP contribution < -0.4 is 5.32 Å². The van der Waals surface area contributed by atoms with E-state index >= 15 is 0 Å². The molecular formula is C22H31NO4. The molecule has 148 valence electrons. The van der Waals surface area contributed by atoms with Crippen LogP contribution in [0.3, 0.4) is 0 Å². The Morgan fingerprint density at radius 3 is 2.22 bits per heavy atom. The van der Waals surface area contributed by atoms with E-state index in [4.69, 9.17) is 5.11 Å². The summed E-state index contributed by atoms with van der Waals surface area (Å²) < 4.78 is 0. The Labute approximate surface area is 161 Å². The van der Waals surface area contributed by atoms with Gasteiger partial charge in [0.2, 0.25) is 0 Å². The van der Waals surface area contributed by atoms with Crippen LogP contribution in [0.2, 0.25) is 0 Å². The quantitative estimate of drug-likeness (QED) is 0.535. The topological polar surface area (TPSA) is 89.8 Å². The number of hydrogen-bond acceptors (Lipinski definition) is 4. The van der Waals surface area contributed by atoms with Gasteiger partial charge in [-0.3, -0.25) is 4.79 Å². The number of nitrogens with one attached hydrogen (secondary N) is 1. The molecule has 0 fully saturated rings. The van der Waals surface area contributed by atoms with Crippen LogP contribution in [0.25, 0.3) is 0 Å². The number of aliphatic hydroxyl groups is 1. The van der Waals surface area contributed by atoms with Crippen LogP contribution in [0, 0.1) is 0 Å². The molecule has 0 aliphatic carbocycles. The summed E-state index contributed by atoms with van der Waals surface area (Å²) in [7, 11) is 0. The number of carboxylic acid groups (broad SMARTS) is 1. The summed E-state index contributed by atoms with van der Waals surface area (Å²) in [4.78, 5) is 9.60. The van der Waals surface area contributed by atoms with E-state index in [0.717, 1.165) is 24.8 Å². The number of phenolic OH excluding ortho intramolecular Hbond substituents is 1. The number of aryl methyl sites for hydroxylation is 1. The maximum Gasteiger partial charge on any atom is 0.303 e. The molecule has 5 nitrogen and oxygen atoms in total. The van der Waals surface area contributed by atoms with Gasteiger partial charge in [0, 0.05) is 19.0 Å². The Morgan fingerprint density at radius 2 is 1.70 bits per heavy atom. The van der Waals surface area contributed by atoms with Crippen molar-refractivity contribution in [2.24, 2.45) is 0 Å². The van der Waals surface area contributed by atoms with Gasteiger partial charge in [-0.1, -0.05) is 49.4 Å². The fourth-order valence-electron chi connectivity index (χ4n) is 2.47. The zero-order chi connectivity index (χ0) is 20.1. The zero-order valence-electron chi connectivity index (χ0n) is 16.1. The van der Waals surface area contributed by atoms with E-state index in [1.807, 2.05) is 49.4 Å². The maximum atomic E-state index is 10.1. The van der Waals surface area contributed by atoms with Crippen molar-refractivity contribution in [1.82, 2.24) is 5.32 Å². The summed E-state index contributed by atoms with van der Waals surface area (Å²) in [5.74, 6) is -0.409. The molecule has 27 heavy (non-hydrogen) atoms. The second-order valence-corrected chi connectivity index (χ2v) is 6.58. The minimum absolute atomic E-state index is 0.292. The number of hydrogen-bond donors (Lipinski definition) is 4. The lowest BCUT2D eigenvalue weighted by Crippen LogP contribution is -2.30. The Kier molecular flexibility index (Phi) is 10.8. The second-order valence-electron chi connectivity index (χ2n) is 6.58. The molecule has 0 saturated carbocycles. The molecule has 2 aromatic rings. The summed E-state index contributed by atoms with van der Waals surface area (Å²) in [6, 6.07) is 17.3. The molecule has 2 aromatic carbocycles. The van der Waals surface area contributed by atoms with Crippen LogP contribution in [0.1, 0.15) is 50.3 Å². The van der Waals surface area contributed by atoms with Gasteiger partial charge in [-0.2, -0.15) is 0 Å². The third-order valence-electron chi connectivity index (χ3n) is 4.11. The Hall–Kier alpha value is -2.37. The van der Waals surface area contributed by atoms with Crippen LogP contribution in [0.5, 0.6) is 5.75 Å². The first-order valence-electron chi connectivity index (χ1n) is 9.38. The van der Waals surface area contributed by atoms with Crippen molar-refractivity contribution in [3.8, 4) is 5.75 Å². The number of rotatable bonds is 9. The highest BCUT2D eigenvalue weighted by Crippen LogP contribution is 2.13. The summed E-state index contributed by atoms with van der Waals surface area (Å²) in [6.45, 7) is 4.52. The summed E-state index contributed by atoms with van der Waals surface area (Å²) in [5, 5.41) is 30.6. The van der Waals surface area contributed by atoms with Gasteiger partial charge in [-0.15, -0.1) is 0 Å². The molecule has 5 heteroatoms. The van der Waals surface area contributed by atoms with Crippen molar-refractivity contribution >= 4 is 5.97 Å². The standard InChI is InChI=1S/C18H23NO2.C4H8O2/c1-14(7-8-15-9-11-17(20)12-10-15)19-13-18(21)16-5-3-2-4-6-16;1-2-3-4(5)6/h2-6,9-12,14,18-21H,7-8,13H2,1H3;2-3H2,1H3,(H,5,6)/t14-,18-;/m0./s1. The van der Waals surface area contributed by atoms with Crippen molar-refractivity contribution < 1.29 is 20.1 Å². The predicted molar refractivity (Wildman–Crippen MR) is 108 cm³/mol. The first-order valence-corrected chi connectivity index (χ1v) is 9.38. The first-order chi connectivity index (χ1) is 12.9. The van der Waals surface area contributed by atoms with Crippen molar-refractivity contribution in [2.45, 2.75) is 51.7 Å². The minimum atomic E-state index is -0.711. The average molecular weight is 373 g/mol. The lowest BCUT2D eigenvalue weighted by molar-refractivity contribution is -0.137. The van der Waals surface area contributed by atoms with Gasteiger partial charge in [-0.25, -0.2) is 0 Å². The third-order valence-corrected chi connectivity index (χ3v) is 4.11. The molecule has 0 saturated heterocycles. The van der Waals surface area contributed by atoms with E-state index in [-0.39, 0.29) is 0 Å². The van der Waals surface area contributed by atoms with Gasteiger partial charge in [-0.05, 0) is 49.4 Å². The summed E-state index contributed by atoms with van der Waals surface area (Å²) in [5.41, 5.74) is 2.15. The fraction of sp³-hybridized carbons (Fsp3) is 0.409. The largest absolute Gasteiger partial charge is 0.508 e. The normalized spacial score (nSPS) is 12.6. The molecule has 0 bridgehead atoms. The number of aliphatic hydroxyl groups excluding tert-OH is 1. The maximum absolute atomic E-state index is 10.1. The van der Waals surface area contributed by atoms with E-state index in [9.17, 15) is 15.0 Å². The molecule has 0 spiro atoms. The molecule has 0 aromatic heterocycles. The minimum Gasteiger partial charge on any atom is -0.508 e. The molecular weight excluding hydrogens is 342 g/mol. The number of aromatic hydroxyl groups is 1. The molecule has 2 atom stereocenters. The van der Waals surface area contributed by atoms with Crippen molar-refractivity contribution in [3.63, 3.8) is 0 Å². The Bertz CT molecular complexity index is 643. The van der Waals surface area contributed by atoms with Crippen LogP contribution in [0.15, 0.2) is 54.6 Å². The monoisotopic (exact) mass is 373 g/mol. The van der Waals surface area contributed by atoms with Gasteiger partial charge < -0.3 is 20.6 Å². The number of aliphatic carboxylic acids is 1. The molecule has 0 unspecified atom stereocenters. The van der Waals surface area contributed by atoms with Crippen LogP contribution in [-0.2, 0) is 11.2 Å². The van der Waals surface area contributed by atoms with E-state index in [1.54, 1.807) is 12.1 Å². The van der Waals surface area contributed by atoms with Gasteiger partial charge >= 0.3 is 5.97 Å². The van der Waals surface area contributed by atoms with E-state index < -0.39 is 12.1 Å². The van der Waals surface area contributed by atoms with E-state index in [0.29, 0.717) is 24.8 Å². The smallest absolute Gasteiger partial charge is 0.303 e. The predicted octanol–water partition coefficient (Wildman–Crippen LogP) is 3.91. The Morgan fingerprint density at radius 1 is 1.07 bits per heavy atom. The molecule has 4 N–H and O–H groups in total. The van der Waals surface area contributed by atoms with Crippen molar-refractivity contribution in [3.05, 3.63) is 65.7 Å². The zero-order valence-corrected chi connectivity index (χ0v) is 16.1. The van der Waals surface area contributed by atoms with Crippen molar-refractivity contribution in [1.29, 1.82) is 0 Å². The first kappa shape index (κ1) is 22.7. The highest BCUT2D eigenvalue weighted by molar-refractivity contribution is 5.66. The number of carboxylic acids is 1. The average Bonchev–Trinajstić information content (AvgIpc) is 2.66. The lowest BCUT2D eigenvalue weighted by Gasteiger charge is -2.17. The molecule has 0 heterocycles. The third kappa shape index (κ3) is 10.4. The summed E-state index contributed by atoms with van der Waals surface area (Å²) in [6.07, 6.45) is 2.50. The highest BCUT2D eigenvalue weighted by atomic mass is 16.4. The number of carbonyl (C=O) groups is 1. The Balaban J connectivity index is 0.000000527. The second kappa shape index (κ2) is 12.9. The van der Waals surface area contributed by atoms with Gasteiger partial charge in [0.05, 0.1) is 6.10 Å². The number of phenols is 1.